The summed E-state index contributed by atoms with van der Waals surface area (Å²) in [7, 11) is 0. The lowest BCUT2D eigenvalue weighted by atomic mass is 9.79. The average Bonchev–Trinajstić information content (AvgIpc) is 2.43. The maximum absolute atomic E-state index is 15.4. The summed E-state index contributed by atoms with van der Waals surface area (Å²) in [6, 6.07) is 5.99. The van der Waals surface area contributed by atoms with E-state index in [0.717, 1.165) is 0 Å². The Bertz CT molecular complexity index is 771. The quantitative estimate of drug-likeness (QED) is 0.597. The summed E-state index contributed by atoms with van der Waals surface area (Å²) in [5, 5.41) is 11.4. The van der Waals surface area contributed by atoms with Gasteiger partial charge >= 0.3 is 0 Å². The number of aryl methyl sites for hydroxylation is 2. The number of halogens is 2. The van der Waals surface area contributed by atoms with Gasteiger partial charge in [0.15, 0.2) is 0 Å². The number of hydrogen-bond donors (Lipinski definition) is 1. The molecule has 26 heavy (non-hydrogen) atoms. The monoisotopic (exact) mass is 361 g/mol. The Kier molecular flexibility index (Phi) is 5.10. The van der Waals surface area contributed by atoms with Crippen molar-refractivity contribution in [3.63, 3.8) is 0 Å². The van der Waals surface area contributed by atoms with Gasteiger partial charge in [-0.05, 0) is 60.1 Å². The summed E-state index contributed by atoms with van der Waals surface area (Å²) in [6.07, 6.45) is 0. The number of phenols is 1. The van der Waals surface area contributed by atoms with Gasteiger partial charge < -0.3 is 5.11 Å². The van der Waals surface area contributed by atoms with E-state index in [1.807, 2.05) is 41.5 Å². The van der Waals surface area contributed by atoms with Crippen LogP contribution in [0, 0.1) is 19.7 Å². The minimum atomic E-state index is -0.381. The molecule has 0 atom stereocenters. The fraction of sp³-hybridized carbons (Fsp3) is 0.455. The first-order valence-corrected chi connectivity index (χ1v) is 8.84. The first kappa shape index (κ1) is 20.2. The van der Waals surface area contributed by atoms with Gasteiger partial charge in [0.05, 0.1) is 11.4 Å². The van der Waals surface area contributed by atoms with Gasteiger partial charge in [-0.15, -0.1) is 0 Å². The Morgan fingerprint density at radius 3 is 1.54 bits per heavy atom. The average molecular weight is 361 g/mol. The van der Waals surface area contributed by atoms with Crippen LogP contribution in [0.2, 0.25) is 0 Å². The minimum absolute atomic E-state index is 0.203. The highest BCUT2D eigenvalue weighted by Gasteiger charge is 2.28. The van der Waals surface area contributed by atoms with Gasteiger partial charge in [-0.2, -0.15) is 5.12 Å². The molecule has 2 aromatic rings. The van der Waals surface area contributed by atoms with E-state index in [0.29, 0.717) is 38.8 Å². The number of aromatic hydroxyl groups is 1. The van der Waals surface area contributed by atoms with E-state index in [9.17, 15) is 9.50 Å². The number of phenolic OH excluding ortho intramolecular Hbond substituents is 1. The van der Waals surface area contributed by atoms with Crippen LogP contribution in [-0.4, -0.2) is 5.11 Å². The zero-order chi connectivity index (χ0) is 20.0. The molecule has 0 bridgehead atoms. The second-order valence-electron chi connectivity index (χ2n) is 9.06. The van der Waals surface area contributed by atoms with E-state index >= 15 is 4.48 Å². The Morgan fingerprint density at radius 1 is 0.808 bits per heavy atom. The summed E-state index contributed by atoms with van der Waals surface area (Å²) in [5.41, 5.74) is 2.36. The first-order valence-electron chi connectivity index (χ1n) is 8.84. The molecule has 0 unspecified atom stereocenters. The maximum Gasteiger partial charge on any atom is 0.123 e. The van der Waals surface area contributed by atoms with Gasteiger partial charge in [0.1, 0.15) is 11.6 Å². The molecule has 0 aromatic heterocycles. The Hall–Kier alpha value is -2.10. The number of hydrogen-bond acceptors (Lipinski definition) is 2. The van der Waals surface area contributed by atoms with Crippen LogP contribution in [0.5, 0.6) is 5.75 Å². The molecule has 0 heterocycles. The number of rotatable bonds is 2. The van der Waals surface area contributed by atoms with Gasteiger partial charge in [0.25, 0.3) is 0 Å². The molecule has 2 aromatic carbocycles. The lowest BCUT2D eigenvalue weighted by Gasteiger charge is -2.29. The van der Waals surface area contributed by atoms with Crippen molar-refractivity contribution in [1.82, 2.24) is 0 Å². The molecule has 0 fully saturated rings. The van der Waals surface area contributed by atoms with E-state index in [-0.39, 0.29) is 22.4 Å². The molecule has 0 aliphatic heterocycles. The summed E-state index contributed by atoms with van der Waals surface area (Å²) in [4.78, 5) is 0. The largest absolute Gasteiger partial charge is 0.507 e. The van der Waals surface area contributed by atoms with Crippen LogP contribution < -0.4 is 5.12 Å². The van der Waals surface area contributed by atoms with Gasteiger partial charge in [0.2, 0.25) is 0 Å². The van der Waals surface area contributed by atoms with Crippen molar-refractivity contribution in [1.29, 1.82) is 0 Å². The van der Waals surface area contributed by atoms with Gasteiger partial charge in [-0.25, -0.2) is 4.39 Å². The molecule has 4 heteroatoms. The Morgan fingerprint density at radius 2 is 1.19 bits per heavy atom. The highest BCUT2D eigenvalue weighted by atomic mass is 19.2. The highest BCUT2D eigenvalue weighted by molar-refractivity contribution is 5.70. The molecular weight excluding hydrogens is 332 g/mol. The third-order valence-corrected chi connectivity index (χ3v) is 4.59. The zero-order valence-corrected chi connectivity index (χ0v) is 17.0. The number of benzene rings is 2. The van der Waals surface area contributed by atoms with Crippen LogP contribution in [0.4, 0.5) is 20.2 Å². The Labute approximate surface area is 155 Å². The van der Waals surface area contributed by atoms with Crippen molar-refractivity contribution in [3.8, 4) is 5.75 Å². The molecule has 2 rings (SSSR count). The SMILES string of the molecule is Cc1cc(F)cc(C)c1N(F)c1cc(C(C)(C)C)c(O)c(C(C)(C)C)c1. The van der Waals surface area contributed by atoms with Crippen LogP contribution in [0.25, 0.3) is 0 Å². The highest BCUT2D eigenvalue weighted by Crippen LogP contribution is 2.44. The van der Waals surface area contributed by atoms with Crippen molar-refractivity contribution in [2.75, 3.05) is 5.12 Å². The smallest absolute Gasteiger partial charge is 0.123 e. The fourth-order valence-corrected chi connectivity index (χ4v) is 3.22. The molecule has 0 radical (unpaired) electrons. The van der Waals surface area contributed by atoms with E-state index in [4.69, 9.17) is 0 Å². The second kappa shape index (κ2) is 6.57. The normalized spacial score (nSPS) is 12.4. The van der Waals surface area contributed by atoms with Crippen LogP contribution in [0.3, 0.4) is 0 Å². The molecule has 2 nitrogen and oxygen atoms in total. The van der Waals surface area contributed by atoms with Gasteiger partial charge in [-0.1, -0.05) is 46.0 Å². The van der Waals surface area contributed by atoms with Crippen molar-refractivity contribution in [2.24, 2.45) is 0 Å². The van der Waals surface area contributed by atoms with E-state index in [1.54, 1.807) is 26.0 Å². The molecule has 1 N–H and O–H groups in total. The molecule has 0 aliphatic carbocycles. The predicted octanol–water partition coefficient (Wildman–Crippen LogP) is 6.77. The lowest BCUT2D eigenvalue weighted by molar-refractivity contribution is 0.422. The first-order chi connectivity index (χ1) is 11.7. The zero-order valence-electron chi connectivity index (χ0n) is 17.0. The summed E-state index contributed by atoms with van der Waals surface area (Å²) >= 11 is 0. The summed E-state index contributed by atoms with van der Waals surface area (Å²) < 4.78 is 29.0. The van der Waals surface area contributed by atoms with Gasteiger partial charge in [-0.3, -0.25) is 0 Å². The summed E-state index contributed by atoms with van der Waals surface area (Å²) in [5.74, 6) is -0.177. The van der Waals surface area contributed by atoms with Crippen LogP contribution in [0.15, 0.2) is 24.3 Å². The van der Waals surface area contributed by atoms with Crippen molar-refractivity contribution in [2.45, 2.75) is 66.2 Å². The number of anilines is 2. The van der Waals surface area contributed by atoms with Crippen molar-refractivity contribution < 1.29 is 14.0 Å². The predicted molar refractivity (Wildman–Crippen MR) is 105 cm³/mol. The third-order valence-electron chi connectivity index (χ3n) is 4.59. The molecular formula is C22H29F2NO. The standard InChI is InChI=1S/C22H29F2NO/c1-13-9-15(23)10-14(2)19(13)25(24)16-11-17(21(3,4)5)20(26)18(12-16)22(6,7)8/h9-12,26H,1-8H3. The molecule has 0 spiro atoms. The molecule has 142 valence electrons. The topological polar surface area (TPSA) is 23.5 Å². The van der Waals surface area contributed by atoms with E-state index in [2.05, 4.69) is 0 Å². The number of nitrogens with zero attached hydrogens (tertiary/aromatic N) is 1. The van der Waals surface area contributed by atoms with Crippen LogP contribution in [0.1, 0.15) is 63.8 Å². The minimum Gasteiger partial charge on any atom is -0.507 e. The summed E-state index contributed by atoms with van der Waals surface area (Å²) in [6.45, 7) is 15.3. The van der Waals surface area contributed by atoms with E-state index < -0.39 is 0 Å². The van der Waals surface area contributed by atoms with Crippen molar-refractivity contribution >= 4 is 11.4 Å². The fourth-order valence-electron chi connectivity index (χ4n) is 3.22. The van der Waals surface area contributed by atoms with Gasteiger partial charge in [0, 0.05) is 11.1 Å². The van der Waals surface area contributed by atoms with Crippen molar-refractivity contribution in [3.05, 3.63) is 52.3 Å². The van der Waals surface area contributed by atoms with Crippen LogP contribution in [-0.2, 0) is 10.8 Å². The lowest BCUT2D eigenvalue weighted by Crippen LogP contribution is -2.19. The van der Waals surface area contributed by atoms with Crippen LogP contribution >= 0.6 is 0 Å². The second-order valence-corrected chi connectivity index (χ2v) is 9.06. The molecule has 0 saturated heterocycles. The molecule has 0 saturated carbocycles. The molecule has 0 aliphatic rings. The maximum atomic E-state index is 15.4. The molecule has 0 amide bonds. The Balaban J connectivity index is 2.74. The third kappa shape index (κ3) is 3.84. The van der Waals surface area contributed by atoms with E-state index in [1.165, 1.54) is 12.1 Å².